The lowest BCUT2D eigenvalue weighted by atomic mass is 10.0. The zero-order valence-electron chi connectivity index (χ0n) is 10.5. The van der Waals surface area contributed by atoms with E-state index in [1.807, 2.05) is 6.92 Å². The third kappa shape index (κ3) is 3.11. The van der Waals surface area contributed by atoms with Gasteiger partial charge in [-0.15, -0.1) is 0 Å². The fourth-order valence-electron chi connectivity index (χ4n) is 2.02. The van der Waals surface area contributed by atoms with Crippen LogP contribution in [0.4, 0.5) is 5.69 Å². The van der Waals surface area contributed by atoms with Gasteiger partial charge in [-0.25, -0.2) is 4.68 Å². The summed E-state index contributed by atoms with van der Waals surface area (Å²) >= 11 is 3.34. The average Bonchev–Trinajstić information content (AvgIpc) is 2.42. The lowest BCUT2D eigenvalue weighted by Gasteiger charge is -2.22. The number of anilines is 1. The number of ether oxygens (including phenoxy) is 1. The molecule has 1 saturated heterocycles. The van der Waals surface area contributed by atoms with Gasteiger partial charge in [0.1, 0.15) is 4.47 Å². The highest BCUT2D eigenvalue weighted by Gasteiger charge is 2.14. The van der Waals surface area contributed by atoms with Crippen LogP contribution < -0.4 is 10.9 Å². The van der Waals surface area contributed by atoms with E-state index in [2.05, 4.69) is 26.3 Å². The van der Waals surface area contributed by atoms with E-state index in [9.17, 15) is 4.79 Å². The molecule has 1 N–H and O–H groups in total. The second-order valence-electron chi connectivity index (χ2n) is 4.43. The van der Waals surface area contributed by atoms with Crippen LogP contribution in [-0.2, 0) is 11.3 Å². The van der Waals surface area contributed by atoms with E-state index in [4.69, 9.17) is 4.74 Å². The number of aromatic nitrogens is 2. The van der Waals surface area contributed by atoms with Crippen LogP contribution in [-0.4, -0.2) is 29.5 Å². The minimum absolute atomic E-state index is 0.0884. The Morgan fingerprint density at radius 3 is 2.94 bits per heavy atom. The molecule has 0 atom stereocenters. The molecular weight excluding hydrogens is 298 g/mol. The first-order valence-electron chi connectivity index (χ1n) is 6.29. The molecule has 18 heavy (non-hydrogen) atoms. The predicted molar refractivity (Wildman–Crippen MR) is 73.9 cm³/mol. The quantitative estimate of drug-likeness (QED) is 0.921. The third-order valence-corrected chi connectivity index (χ3v) is 3.97. The summed E-state index contributed by atoms with van der Waals surface area (Å²) in [5.41, 5.74) is 0.686. The van der Waals surface area contributed by atoms with Gasteiger partial charge in [0.05, 0.1) is 11.9 Å². The van der Waals surface area contributed by atoms with Crippen LogP contribution in [0.5, 0.6) is 0 Å². The van der Waals surface area contributed by atoms with E-state index < -0.39 is 0 Å². The fourth-order valence-corrected chi connectivity index (χ4v) is 2.47. The number of nitrogens with one attached hydrogen (secondary N) is 1. The van der Waals surface area contributed by atoms with Crippen molar-refractivity contribution in [2.24, 2.45) is 5.92 Å². The van der Waals surface area contributed by atoms with Gasteiger partial charge in [0.15, 0.2) is 0 Å². The van der Waals surface area contributed by atoms with Crippen LogP contribution in [0.3, 0.4) is 0 Å². The maximum Gasteiger partial charge on any atom is 0.283 e. The Hall–Kier alpha value is -0.880. The van der Waals surface area contributed by atoms with Gasteiger partial charge in [-0.1, -0.05) is 0 Å². The van der Waals surface area contributed by atoms with Crippen LogP contribution in [0.25, 0.3) is 0 Å². The molecule has 1 aromatic rings. The summed E-state index contributed by atoms with van der Waals surface area (Å²) in [6, 6.07) is 0. The predicted octanol–water partition coefficient (Wildman–Crippen LogP) is 1.86. The van der Waals surface area contributed by atoms with Gasteiger partial charge in [0, 0.05) is 26.3 Å². The molecule has 5 nitrogen and oxygen atoms in total. The van der Waals surface area contributed by atoms with Crippen LogP contribution in [0.15, 0.2) is 15.5 Å². The molecule has 0 aliphatic carbocycles. The maximum absolute atomic E-state index is 11.9. The Labute approximate surface area is 115 Å². The maximum atomic E-state index is 11.9. The highest BCUT2D eigenvalue weighted by atomic mass is 79.9. The molecular formula is C12H18BrN3O2. The molecule has 1 fully saturated rings. The molecule has 0 saturated carbocycles. The molecule has 0 aromatic carbocycles. The highest BCUT2D eigenvalue weighted by Crippen LogP contribution is 2.19. The second kappa shape index (κ2) is 6.33. The van der Waals surface area contributed by atoms with E-state index in [0.29, 0.717) is 16.9 Å². The van der Waals surface area contributed by atoms with Crippen molar-refractivity contribution in [1.29, 1.82) is 0 Å². The van der Waals surface area contributed by atoms with E-state index in [1.165, 1.54) is 4.68 Å². The van der Waals surface area contributed by atoms with E-state index in [-0.39, 0.29) is 5.56 Å². The first-order chi connectivity index (χ1) is 8.72. The molecule has 0 unspecified atom stereocenters. The monoisotopic (exact) mass is 315 g/mol. The Balaban J connectivity index is 2.01. The summed E-state index contributed by atoms with van der Waals surface area (Å²) < 4.78 is 7.32. The molecule has 0 radical (unpaired) electrons. The molecule has 1 aliphatic rings. The molecule has 0 bridgehead atoms. The number of nitrogens with zero attached hydrogens (tertiary/aromatic N) is 2. The fraction of sp³-hybridized carbons (Fsp3) is 0.667. The molecule has 1 aromatic heterocycles. The minimum Gasteiger partial charge on any atom is -0.382 e. The molecule has 1 aliphatic heterocycles. The summed E-state index contributed by atoms with van der Waals surface area (Å²) in [7, 11) is 0. The number of hydrogen-bond acceptors (Lipinski definition) is 4. The van der Waals surface area contributed by atoms with Gasteiger partial charge >= 0.3 is 0 Å². The summed E-state index contributed by atoms with van der Waals surface area (Å²) in [6.45, 7) is 5.01. The average molecular weight is 316 g/mol. The summed E-state index contributed by atoms with van der Waals surface area (Å²) in [5.74, 6) is 0.610. The van der Waals surface area contributed by atoms with E-state index in [1.54, 1.807) is 6.20 Å². The molecule has 2 heterocycles. The first-order valence-corrected chi connectivity index (χ1v) is 7.09. The van der Waals surface area contributed by atoms with Gasteiger partial charge in [-0.3, -0.25) is 4.79 Å². The largest absolute Gasteiger partial charge is 0.382 e. The normalized spacial score (nSPS) is 16.8. The van der Waals surface area contributed by atoms with Gasteiger partial charge in [0.2, 0.25) is 0 Å². The topological polar surface area (TPSA) is 56.1 Å². The van der Waals surface area contributed by atoms with Gasteiger partial charge in [-0.2, -0.15) is 5.10 Å². The van der Waals surface area contributed by atoms with Crippen LogP contribution in [0.1, 0.15) is 19.8 Å². The minimum atomic E-state index is -0.0884. The van der Waals surface area contributed by atoms with Crippen LogP contribution >= 0.6 is 15.9 Å². The third-order valence-electron chi connectivity index (χ3n) is 3.21. The Bertz CT molecular complexity index is 455. The number of aryl methyl sites for hydroxylation is 1. The molecule has 0 amide bonds. The lowest BCUT2D eigenvalue weighted by molar-refractivity contribution is 0.0699. The smallest absolute Gasteiger partial charge is 0.283 e. The van der Waals surface area contributed by atoms with Crippen molar-refractivity contribution >= 4 is 21.6 Å². The summed E-state index contributed by atoms with van der Waals surface area (Å²) in [6.07, 6.45) is 3.85. The Morgan fingerprint density at radius 1 is 1.56 bits per heavy atom. The van der Waals surface area contributed by atoms with Gasteiger partial charge < -0.3 is 10.1 Å². The van der Waals surface area contributed by atoms with Crippen molar-refractivity contribution in [2.75, 3.05) is 25.1 Å². The van der Waals surface area contributed by atoms with Crippen molar-refractivity contribution in [2.45, 2.75) is 26.3 Å². The molecule has 6 heteroatoms. The highest BCUT2D eigenvalue weighted by molar-refractivity contribution is 9.10. The first kappa shape index (κ1) is 13.5. The van der Waals surface area contributed by atoms with Crippen molar-refractivity contribution in [3.05, 3.63) is 21.0 Å². The van der Waals surface area contributed by atoms with Gasteiger partial charge in [-0.05, 0) is 41.6 Å². The summed E-state index contributed by atoms with van der Waals surface area (Å²) in [4.78, 5) is 11.9. The standard InChI is InChI=1S/C12H18BrN3O2/c1-2-16-12(17)11(13)10(8-15-16)14-7-9-3-5-18-6-4-9/h8-9,14H,2-7H2,1H3. The molecule has 100 valence electrons. The van der Waals surface area contributed by atoms with Crippen molar-refractivity contribution in [3.8, 4) is 0 Å². The van der Waals surface area contributed by atoms with E-state index >= 15 is 0 Å². The zero-order chi connectivity index (χ0) is 13.0. The molecule has 0 spiro atoms. The van der Waals surface area contributed by atoms with Crippen molar-refractivity contribution in [1.82, 2.24) is 9.78 Å². The second-order valence-corrected chi connectivity index (χ2v) is 5.22. The zero-order valence-corrected chi connectivity index (χ0v) is 12.1. The van der Waals surface area contributed by atoms with Crippen molar-refractivity contribution in [3.63, 3.8) is 0 Å². The Kier molecular flexibility index (Phi) is 4.77. The number of hydrogen-bond donors (Lipinski definition) is 1. The number of halogens is 1. The van der Waals surface area contributed by atoms with Crippen molar-refractivity contribution < 1.29 is 4.74 Å². The van der Waals surface area contributed by atoms with Gasteiger partial charge in [0.25, 0.3) is 5.56 Å². The SMILES string of the molecule is CCn1ncc(NCC2CCOCC2)c(Br)c1=O. The van der Waals surface area contributed by atoms with E-state index in [0.717, 1.165) is 38.3 Å². The number of rotatable bonds is 4. The van der Waals surface area contributed by atoms with Crippen LogP contribution in [0.2, 0.25) is 0 Å². The lowest BCUT2D eigenvalue weighted by Crippen LogP contribution is -2.26. The molecule has 2 rings (SSSR count). The Morgan fingerprint density at radius 2 is 2.28 bits per heavy atom. The van der Waals surface area contributed by atoms with Crippen LogP contribution in [0, 0.1) is 5.92 Å². The summed E-state index contributed by atoms with van der Waals surface area (Å²) in [5, 5.41) is 7.40.